The predicted molar refractivity (Wildman–Crippen MR) is 112 cm³/mol. The second kappa shape index (κ2) is 8.34. The van der Waals surface area contributed by atoms with Crippen molar-refractivity contribution in [2.45, 2.75) is 76.3 Å². The normalized spacial score (nSPS) is 25.4. The third-order valence-corrected chi connectivity index (χ3v) is 6.61. The van der Waals surface area contributed by atoms with Gasteiger partial charge >= 0.3 is 12.7 Å². The largest absolute Gasteiger partial charge is 0.443 e. The van der Waals surface area contributed by atoms with Crippen LogP contribution in [0.1, 0.15) is 51.0 Å². The van der Waals surface area contributed by atoms with Crippen molar-refractivity contribution in [3.8, 4) is 5.88 Å². The summed E-state index contributed by atoms with van der Waals surface area (Å²) in [5, 5.41) is 11.0. The summed E-state index contributed by atoms with van der Waals surface area (Å²) in [5.41, 5.74) is 1.36. The molecule has 5 heterocycles. The van der Waals surface area contributed by atoms with Crippen LogP contribution in [0, 0.1) is 0 Å². The lowest BCUT2D eigenvalue weighted by Crippen LogP contribution is -2.55. The standard InChI is InChI=1S/C21H28F2N6O3/c1-11(2)16-10-25-29-17(7-18(27-19(16)29)32-20(22)23)26-12-5-13-3-4-14(6-12)28(13)21(30)31-15-8-24-9-15/h7,10-15,20,24,26H,3-6,8-9H2,1-2H3. The molecule has 1 amide bonds. The fourth-order valence-corrected chi connectivity index (χ4v) is 4.97. The van der Waals surface area contributed by atoms with E-state index in [4.69, 9.17) is 4.74 Å². The van der Waals surface area contributed by atoms with Gasteiger partial charge in [0.1, 0.15) is 11.9 Å². The lowest BCUT2D eigenvalue weighted by atomic mass is 9.98. The first-order chi connectivity index (χ1) is 15.4. The van der Waals surface area contributed by atoms with Crippen LogP contribution in [0.3, 0.4) is 0 Å². The summed E-state index contributed by atoms with van der Waals surface area (Å²) < 4.78 is 37.6. The average molecular weight is 450 g/mol. The Kier molecular flexibility index (Phi) is 5.52. The Morgan fingerprint density at radius 2 is 1.97 bits per heavy atom. The van der Waals surface area contributed by atoms with Crippen LogP contribution in [0.5, 0.6) is 5.88 Å². The first-order valence-corrected chi connectivity index (χ1v) is 11.2. The van der Waals surface area contributed by atoms with Crippen molar-refractivity contribution in [1.82, 2.24) is 24.8 Å². The van der Waals surface area contributed by atoms with Crippen LogP contribution >= 0.6 is 0 Å². The van der Waals surface area contributed by atoms with Crippen LogP contribution < -0.4 is 15.4 Å². The molecule has 11 heteroatoms. The molecule has 2 N–H and O–H groups in total. The number of hydrogen-bond acceptors (Lipinski definition) is 7. The molecule has 3 fully saturated rings. The number of piperidine rings is 1. The van der Waals surface area contributed by atoms with Gasteiger partial charge in [-0.3, -0.25) is 0 Å². The van der Waals surface area contributed by atoms with Gasteiger partial charge in [-0.05, 0) is 31.6 Å². The maximum Gasteiger partial charge on any atom is 0.410 e. The van der Waals surface area contributed by atoms with Crippen molar-refractivity contribution in [2.75, 3.05) is 18.4 Å². The molecule has 2 aromatic rings. The van der Waals surface area contributed by atoms with Crippen LogP contribution in [0.15, 0.2) is 12.3 Å². The Balaban J connectivity index is 1.35. The first kappa shape index (κ1) is 21.2. The molecule has 2 unspecified atom stereocenters. The number of hydrogen-bond donors (Lipinski definition) is 2. The number of carbonyl (C=O) groups is 1. The SMILES string of the molecule is CC(C)c1cnn2c(NC3CC4CCC(C3)N4C(=O)OC3CNC3)cc(OC(F)F)nc12. The number of aromatic nitrogens is 3. The molecule has 174 valence electrons. The number of nitrogens with zero attached hydrogens (tertiary/aromatic N) is 4. The number of amides is 1. The van der Waals surface area contributed by atoms with Gasteiger partial charge in [-0.2, -0.15) is 23.4 Å². The van der Waals surface area contributed by atoms with Gasteiger partial charge in [0.05, 0.1) is 6.20 Å². The van der Waals surface area contributed by atoms with Crippen LogP contribution in [0.2, 0.25) is 0 Å². The molecule has 5 rings (SSSR count). The van der Waals surface area contributed by atoms with Crippen LogP contribution in [-0.2, 0) is 4.74 Å². The third kappa shape index (κ3) is 3.94. The number of alkyl halides is 2. The molecule has 32 heavy (non-hydrogen) atoms. The van der Waals surface area contributed by atoms with E-state index in [0.29, 0.717) is 24.6 Å². The molecule has 0 saturated carbocycles. The smallest absolute Gasteiger partial charge is 0.410 e. The first-order valence-electron chi connectivity index (χ1n) is 11.2. The number of fused-ring (bicyclic) bond motifs is 3. The van der Waals surface area contributed by atoms with Crippen LogP contribution in [0.4, 0.5) is 19.4 Å². The Labute approximate surface area is 184 Å². The molecule has 0 radical (unpaired) electrons. The van der Waals surface area contributed by atoms with Crippen molar-refractivity contribution in [1.29, 1.82) is 0 Å². The van der Waals surface area contributed by atoms with E-state index in [-0.39, 0.29) is 42.1 Å². The van der Waals surface area contributed by atoms with Crippen molar-refractivity contribution in [3.05, 3.63) is 17.8 Å². The van der Waals surface area contributed by atoms with E-state index in [1.807, 2.05) is 18.7 Å². The summed E-state index contributed by atoms with van der Waals surface area (Å²) >= 11 is 0. The maximum atomic E-state index is 12.9. The van der Waals surface area contributed by atoms with E-state index < -0.39 is 6.61 Å². The van der Waals surface area contributed by atoms with E-state index in [2.05, 4.69) is 25.5 Å². The number of carbonyl (C=O) groups excluding carboxylic acids is 1. The minimum absolute atomic E-state index is 0.0360. The van der Waals surface area contributed by atoms with Gasteiger partial charge in [0, 0.05) is 42.8 Å². The third-order valence-electron chi connectivity index (χ3n) is 6.61. The predicted octanol–water partition coefficient (Wildman–Crippen LogP) is 2.97. The second-order valence-corrected chi connectivity index (χ2v) is 9.12. The van der Waals surface area contributed by atoms with Gasteiger partial charge in [0.25, 0.3) is 0 Å². The average Bonchev–Trinajstić information content (AvgIpc) is 3.23. The monoisotopic (exact) mass is 450 g/mol. The fraction of sp³-hybridized carbons (Fsp3) is 0.667. The van der Waals surface area contributed by atoms with Crippen LogP contribution in [-0.4, -0.2) is 69.5 Å². The molecule has 2 aromatic heterocycles. The molecule has 0 aromatic carbocycles. The van der Waals surface area contributed by atoms with Crippen LogP contribution in [0.25, 0.3) is 5.65 Å². The highest BCUT2D eigenvalue weighted by atomic mass is 19.3. The summed E-state index contributed by atoms with van der Waals surface area (Å²) in [4.78, 5) is 18.8. The zero-order valence-electron chi connectivity index (χ0n) is 18.1. The Hall–Kier alpha value is -2.69. The molecular weight excluding hydrogens is 422 g/mol. The van der Waals surface area contributed by atoms with E-state index in [1.54, 1.807) is 10.7 Å². The van der Waals surface area contributed by atoms with Gasteiger partial charge in [-0.15, -0.1) is 0 Å². The minimum atomic E-state index is -2.96. The van der Waals surface area contributed by atoms with Gasteiger partial charge in [-0.25, -0.2) is 4.79 Å². The van der Waals surface area contributed by atoms with Gasteiger partial charge in [0.15, 0.2) is 5.65 Å². The molecule has 2 atom stereocenters. The van der Waals surface area contributed by atoms with Gasteiger partial charge < -0.3 is 25.0 Å². The quantitative estimate of drug-likeness (QED) is 0.699. The molecular formula is C21H28F2N6O3. The summed E-state index contributed by atoms with van der Waals surface area (Å²) in [6.07, 6.45) is 4.82. The molecule has 3 aliphatic heterocycles. The van der Waals surface area contributed by atoms with Crippen molar-refractivity contribution in [2.24, 2.45) is 0 Å². The maximum absolute atomic E-state index is 12.9. The van der Waals surface area contributed by atoms with Crippen molar-refractivity contribution in [3.63, 3.8) is 0 Å². The Bertz CT molecular complexity index is 981. The number of ether oxygens (including phenoxy) is 2. The topological polar surface area (TPSA) is 93.0 Å². The molecule has 0 spiro atoms. The number of nitrogens with one attached hydrogen (secondary N) is 2. The van der Waals surface area contributed by atoms with E-state index in [9.17, 15) is 13.6 Å². The molecule has 2 bridgehead atoms. The van der Waals surface area contributed by atoms with E-state index in [1.165, 1.54) is 6.07 Å². The lowest BCUT2D eigenvalue weighted by molar-refractivity contribution is -0.0527. The summed E-state index contributed by atoms with van der Waals surface area (Å²) in [7, 11) is 0. The Morgan fingerprint density at radius 1 is 1.25 bits per heavy atom. The minimum Gasteiger partial charge on any atom is -0.443 e. The molecule has 3 aliphatic rings. The van der Waals surface area contributed by atoms with E-state index in [0.717, 1.165) is 31.2 Å². The Morgan fingerprint density at radius 3 is 2.56 bits per heavy atom. The van der Waals surface area contributed by atoms with Gasteiger partial charge in [0.2, 0.25) is 5.88 Å². The second-order valence-electron chi connectivity index (χ2n) is 9.12. The molecule has 3 saturated heterocycles. The number of anilines is 1. The molecule has 0 aliphatic carbocycles. The van der Waals surface area contributed by atoms with Crippen molar-refractivity contribution >= 4 is 17.6 Å². The summed E-state index contributed by atoms with van der Waals surface area (Å²) in [6, 6.07) is 1.73. The highest BCUT2D eigenvalue weighted by Gasteiger charge is 2.45. The molecule has 9 nitrogen and oxygen atoms in total. The summed E-state index contributed by atoms with van der Waals surface area (Å²) in [6.45, 7) is 2.46. The van der Waals surface area contributed by atoms with Gasteiger partial charge in [-0.1, -0.05) is 13.8 Å². The zero-order chi connectivity index (χ0) is 22.4. The fourth-order valence-electron chi connectivity index (χ4n) is 4.97. The van der Waals surface area contributed by atoms with E-state index >= 15 is 0 Å². The highest BCUT2D eigenvalue weighted by molar-refractivity contribution is 5.69. The number of halogens is 2. The lowest BCUT2D eigenvalue weighted by Gasteiger charge is -2.40. The summed E-state index contributed by atoms with van der Waals surface area (Å²) in [5.74, 6) is 0.541. The number of rotatable bonds is 6. The highest BCUT2D eigenvalue weighted by Crippen LogP contribution is 2.38. The van der Waals surface area contributed by atoms with Crippen molar-refractivity contribution < 1.29 is 23.0 Å². The zero-order valence-corrected chi connectivity index (χ0v) is 18.1.